The second kappa shape index (κ2) is 7.53. The molecular weight excluding hydrogens is 288 g/mol. The Labute approximate surface area is 128 Å². The van der Waals surface area contributed by atoms with Gasteiger partial charge in [0.1, 0.15) is 5.54 Å². The zero-order valence-electron chi connectivity index (χ0n) is 12.9. The Balaban J connectivity index is 2.89. The number of hydrogen-bond donors (Lipinski definition) is 1. The van der Waals surface area contributed by atoms with Crippen molar-refractivity contribution in [3.8, 4) is 0 Å². The van der Waals surface area contributed by atoms with Crippen molar-refractivity contribution in [2.75, 3.05) is 7.11 Å². The molecule has 0 heterocycles. The molecule has 0 bridgehead atoms. The van der Waals surface area contributed by atoms with Gasteiger partial charge in [-0.3, -0.25) is 14.9 Å². The Hall–Kier alpha value is -2.44. The molecule has 0 radical (unpaired) electrons. The number of carbonyl (C=O) groups excluding carboxylic acids is 2. The molecule has 0 fully saturated rings. The summed E-state index contributed by atoms with van der Waals surface area (Å²) in [5.41, 5.74) is -0.953. The minimum Gasteiger partial charge on any atom is -0.467 e. The number of rotatable bonds is 7. The van der Waals surface area contributed by atoms with E-state index in [1.165, 1.54) is 25.3 Å². The minimum atomic E-state index is -1.13. The number of ether oxygens (including phenoxy) is 1. The number of benzene rings is 1. The number of hydrogen-bond acceptors (Lipinski definition) is 5. The molecule has 1 N–H and O–H groups in total. The van der Waals surface area contributed by atoms with Gasteiger partial charge in [-0.15, -0.1) is 0 Å². The van der Waals surface area contributed by atoms with Crippen LogP contribution in [-0.2, 0) is 20.7 Å². The SMILES string of the molecule is CCCC(C)(NC(=O)Cc1ccccc1[N+](=O)[O-])C(=O)OC. The fraction of sp³-hybridized carbons (Fsp3) is 0.467. The molecule has 22 heavy (non-hydrogen) atoms. The highest BCUT2D eigenvalue weighted by Crippen LogP contribution is 2.19. The zero-order valence-corrected chi connectivity index (χ0v) is 12.9. The van der Waals surface area contributed by atoms with Gasteiger partial charge in [0.2, 0.25) is 5.91 Å². The number of nitrogens with one attached hydrogen (secondary N) is 1. The van der Waals surface area contributed by atoms with Crippen LogP contribution in [0, 0.1) is 10.1 Å². The number of nitrogens with zero attached hydrogens (tertiary/aromatic N) is 1. The first kappa shape index (κ1) is 17.6. The number of para-hydroxylation sites is 1. The monoisotopic (exact) mass is 308 g/mol. The fourth-order valence-corrected chi connectivity index (χ4v) is 2.30. The van der Waals surface area contributed by atoms with Crippen LogP contribution in [0.1, 0.15) is 32.3 Å². The third-order valence-electron chi connectivity index (χ3n) is 3.34. The highest BCUT2D eigenvalue weighted by atomic mass is 16.6. The van der Waals surface area contributed by atoms with E-state index in [0.717, 1.165) is 0 Å². The molecule has 0 aliphatic carbocycles. The number of nitro benzene ring substituents is 1. The van der Waals surface area contributed by atoms with E-state index in [4.69, 9.17) is 4.74 Å². The number of methoxy groups -OCH3 is 1. The smallest absolute Gasteiger partial charge is 0.331 e. The van der Waals surface area contributed by atoms with Crippen LogP contribution < -0.4 is 5.32 Å². The van der Waals surface area contributed by atoms with Gasteiger partial charge in [-0.2, -0.15) is 0 Å². The van der Waals surface area contributed by atoms with Crippen LogP contribution in [0.2, 0.25) is 0 Å². The van der Waals surface area contributed by atoms with E-state index < -0.39 is 22.3 Å². The topological polar surface area (TPSA) is 98.5 Å². The third kappa shape index (κ3) is 4.28. The van der Waals surface area contributed by atoms with E-state index in [2.05, 4.69) is 5.32 Å². The predicted octanol–water partition coefficient (Wildman–Crippen LogP) is 1.99. The fourth-order valence-electron chi connectivity index (χ4n) is 2.30. The summed E-state index contributed by atoms with van der Waals surface area (Å²) in [6, 6.07) is 6.03. The van der Waals surface area contributed by atoms with Crippen LogP contribution in [0.4, 0.5) is 5.69 Å². The van der Waals surface area contributed by atoms with E-state index in [-0.39, 0.29) is 12.1 Å². The summed E-state index contributed by atoms with van der Waals surface area (Å²) in [6.07, 6.45) is 0.924. The van der Waals surface area contributed by atoms with E-state index >= 15 is 0 Å². The molecule has 0 aliphatic heterocycles. The molecular formula is C15H20N2O5. The van der Waals surface area contributed by atoms with Crippen LogP contribution >= 0.6 is 0 Å². The van der Waals surface area contributed by atoms with Crippen molar-refractivity contribution >= 4 is 17.6 Å². The summed E-state index contributed by atoms with van der Waals surface area (Å²) in [5.74, 6) is -0.999. The van der Waals surface area contributed by atoms with Crippen molar-refractivity contribution in [2.45, 2.75) is 38.6 Å². The normalized spacial score (nSPS) is 13.0. The van der Waals surface area contributed by atoms with Gasteiger partial charge >= 0.3 is 5.97 Å². The zero-order chi connectivity index (χ0) is 16.8. The second-order valence-corrected chi connectivity index (χ2v) is 5.18. The summed E-state index contributed by atoms with van der Waals surface area (Å²) in [6.45, 7) is 3.47. The Morgan fingerprint density at radius 1 is 1.36 bits per heavy atom. The standard InChI is InChI=1S/C15H20N2O5/c1-4-9-15(2,14(19)22-3)16-13(18)10-11-7-5-6-8-12(11)17(20)21/h5-8H,4,9-10H2,1-3H3,(H,16,18). The molecule has 1 rings (SSSR count). The van der Waals surface area contributed by atoms with Crippen molar-refractivity contribution in [1.29, 1.82) is 0 Å². The molecule has 0 spiro atoms. The molecule has 1 atom stereocenters. The predicted molar refractivity (Wildman–Crippen MR) is 80.3 cm³/mol. The van der Waals surface area contributed by atoms with Crippen molar-refractivity contribution in [1.82, 2.24) is 5.32 Å². The number of carbonyl (C=O) groups is 2. The van der Waals surface area contributed by atoms with Crippen LogP contribution in [0.15, 0.2) is 24.3 Å². The lowest BCUT2D eigenvalue weighted by Gasteiger charge is -2.27. The summed E-state index contributed by atoms with van der Waals surface area (Å²) >= 11 is 0. The number of amides is 1. The molecule has 1 amide bonds. The number of esters is 1. The van der Waals surface area contributed by atoms with Crippen LogP contribution in [0.3, 0.4) is 0 Å². The lowest BCUT2D eigenvalue weighted by Crippen LogP contribution is -2.53. The first-order chi connectivity index (χ1) is 10.3. The lowest BCUT2D eigenvalue weighted by molar-refractivity contribution is -0.385. The van der Waals surface area contributed by atoms with E-state index in [1.54, 1.807) is 13.0 Å². The van der Waals surface area contributed by atoms with Gasteiger partial charge in [0.05, 0.1) is 18.5 Å². The Morgan fingerprint density at radius 2 is 2.00 bits per heavy atom. The van der Waals surface area contributed by atoms with Crippen molar-refractivity contribution < 1.29 is 19.2 Å². The van der Waals surface area contributed by atoms with Crippen LogP contribution in [0.5, 0.6) is 0 Å². The first-order valence-corrected chi connectivity index (χ1v) is 6.95. The highest BCUT2D eigenvalue weighted by molar-refractivity contribution is 5.88. The van der Waals surface area contributed by atoms with E-state index in [0.29, 0.717) is 18.4 Å². The Morgan fingerprint density at radius 3 is 2.55 bits per heavy atom. The van der Waals surface area contributed by atoms with Crippen molar-refractivity contribution in [3.63, 3.8) is 0 Å². The van der Waals surface area contributed by atoms with E-state index in [9.17, 15) is 19.7 Å². The summed E-state index contributed by atoms with van der Waals surface area (Å²) < 4.78 is 4.72. The molecule has 1 unspecified atom stereocenters. The van der Waals surface area contributed by atoms with Gasteiger partial charge in [0.25, 0.3) is 5.69 Å². The Kier molecular flexibility index (Phi) is 6.03. The largest absolute Gasteiger partial charge is 0.467 e. The molecule has 0 aliphatic rings. The molecule has 0 saturated carbocycles. The van der Waals surface area contributed by atoms with Crippen molar-refractivity contribution in [3.05, 3.63) is 39.9 Å². The second-order valence-electron chi connectivity index (χ2n) is 5.18. The van der Waals surface area contributed by atoms with Crippen LogP contribution in [0.25, 0.3) is 0 Å². The average molecular weight is 308 g/mol. The summed E-state index contributed by atoms with van der Waals surface area (Å²) in [4.78, 5) is 34.4. The quantitative estimate of drug-likeness (QED) is 0.472. The summed E-state index contributed by atoms with van der Waals surface area (Å²) in [5, 5.41) is 13.6. The molecule has 1 aromatic carbocycles. The lowest BCUT2D eigenvalue weighted by atomic mass is 9.95. The van der Waals surface area contributed by atoms with Crippen molar-refractivity contribution in [2.24, 2.45) is 0 Å². The van der Waals surface area contributed by atoms with Gasteiger partial charge in [-0.05, 0) is 13.3 Å². The maximum absolute atomic E-state index is 12.2. The first-order valence-electron chi connectivity index (χ1n) is 6.95. The van der Waals surface area contributed by atoms with E-state index in [1.807, 2.05) is 6.92 Å². The highest BCUT2D eigenvalue weighted by Gasteiger charge is 2.35. The summed E-state index contributed by atoms with van der Waals surface area (Å²) in [7, 11) is 1.25. The molecule has 120 valence electrons. The maximum Gasteiger partial charge on any atom is 0.331 e. The van der Waals surface area contributed by atoms with Gasteiger partial charge in [0, 0.05) is 11.6 Å². The van der Waals surface area contributed by atoms with Gasteiger partial charge in [0.15, 0.2) is 0 Å². The molecule has 0 aromatic heterocycles. The molecule has 1 aromatic rings. The maximum atomic E-state index is 12.2. The van der Waals surface area contributed by atoms with Gasteiger partial charge in [-0.1, -0.05) is 31.5 Å². The van der Waals surface area contributed by atoms with Crippen LogP contribution in [-0.4, -0.2) is 29.4 Å². The average Bonchev–Trinajstić information content (AvgIpc) is 2.46. The molecule has 0 saturated heterocycles. The molecule has 7 nitrogen and oxygen atoms in total. The Bertz CT molecular complexity index is 573. The molecule has 7 heteroatoms. The van der Waals surface area contributed by atoms with Gasteiger partial charge < -0.3 is 10.1 Å². The number of nitro groups is 1. The van der Waals surface area contributed by atoms with Gasteiger partial charge in [-0.25, -0.2) is 4.79 Å². The third-order valence-corrected chi connectivity index (χ3v) is 3.34. The minimum absolute atomic E-state index is 0.118.